The Hall–Kier alpha value is -2.68. The van der Waals surface area contributed by atoms with E-state index < -0.39 is 0 Å². The zero-order valence-corrected chi connectivity index (χ0v) is 12.3. The Morgan fingerprint density at radius 1 is 1.00 bits per heavy atom. The summed E-state index contributed by atoms with van der Waals surface area (Å²) in [6.45, 7) is 4.17. The van der Waals surface area contributed by atoms with Crippen LogP contribution in [0.25, 0.3) is 11.3 Å². The summed E-state index contributed by atoms with van der Waals surface area (Å²) in [6.07, 6.45) is 0.599. The van der Waals surface area contributed by atoms with Gasteiger partial charge in [0.15, 0.2) is 5.78 Å². The zero-order chi connectivity index (χ0) is 15.4. The summed E-state index contributed by atoms with van der Waals surface area (Å²) in [4.78, 5) is 12.3. The largest absolute Gasteiger partial charge is 0.292 e. The molecule has 1 radical (unpaired) electrons. The van der Waals surface area contributed by atoms with E-state index in [9.17, 15) is 4.79 Å². The molecule has 0 amide bonds. The van der Waals surface area contributed by atoms with Gasteiger partial charge in [0.05, 0.1) is 5.69 Å². The molecule has 0 aliphatic rings. The Morgan fingerprint density at radius 3 is 2.27 bits per heavy atom. The SMILES string of the molecule is [CH2]Cc1cc(-c2ccccc2)nn1CC(=O)c1ccccc1. The van der Waals surface area contributed by atoms with Gasteiger partial charge in [0, 0.05) is 16.8 Å². The van der Waals surface area contributed by atoms with Crippen LogP contribution in [0.3, 0.4) is 0 Å². The van der Waals surface area contributed by atoms with Gasteiger partial charge < -0.3 is 0 Å². The smallest absolute Gasteiger partial charge is 0.184 e. The van der Waals surface area contributed by atoms with Crippen molar-refractivity contribution in [2.75, 3.05) is 0 Å². The van der Waals surface area contributed by atoms with Crippen molar-refractivity contribution in [1.29, 1.82) is 0 Å². The number of benzene rings is 2. The second-order valence-corrected chi connectivity index (χ2v) is 5.08. The second kappa shape index (κ2) is 6.39. The molecule has 1 heterocycles. The Bertz CT molecular complexity index is 761. The average Bonchev–Trinajstić information content (AvgIpc) is 2.99. The molecule has 0 atom stereocenters. The normalized spacial score (nSPS) is 10.6. The Labute approximate surface area is 130 Å². The van der Waals surface area contributed by atoms with Crippen LogP contribution in [0.1, 0.15) is 16.1 Å². The predicted molar refractivity (Wildman–Crippen MR) is 87.5 cm³/mol. The van der Waals surface area contributed by atoms with Crippen LogP contribution in [0.15, 0.2) is 66.7 Å². The van der Waals surface area contributed by atoms with Gasteiger partial charge >= 0.3 is 0 Å². The second-order valence-electron chi connectivity index (χ2n) is 5.08. The summed E-state index contributed by atoms with van der Waals surface area (Å²) >= 11 is 0. The maximum atomic E-state index is 12.3. The third-order valence-electron chi connectivity index (χ3n) is 3.58. The number of hydrogen-bond acceptors (Lipinski definition) is 2. The van der Waals surface area contributed by atoms with E-state index in [0.29, 0.717) is 12.0 Å². The number of carbonyl (C=O) groups is 1. The molecule has 3 heteroatoms. The van der Waals surface area contributed by atoms with Gasteiger partial charge in [-0.3, -0.25) is 9.48 Å². The molecule has 22 heavy (non-hydrogen) atoms. The first kappa shape index (κ1) is 14.3. The summed E-state index contributed by atoms with van der Waals surface area (Å²) < 4.78 is 1.75. The number of ketones is 1. The highest BCUT2D eigenvalue weighted by Gasteiger charge is 2.12. The molecule has 0 N–H and O–H groups in total. The van der Waals surface area contributed by atoms with E-state index >= 15 is 0 Å². The number of nitrogens with zero attached hydrogens (tertiary/aromatic N) is 2. The van der Waals surface area contributed by atoms with E-state index in [1.165, 1.54) is 0 Å². The Balaban J connectivity index is 1.88. The van der Waals surface area contributed by atoms with Crippen molar-refractivity contribution in [1.82, 2.24) is 9.78 Å². The van der Waals surface area contributed by atoms with Gasteiger partial charge in [0.2, 0.25) is 0 Å². The fourth-order valence-corrected chi connectivity index (χ4v) is 2.39. The minimum atomic E-state index is 0.0537. The number of aromatic nitrogens is 2. The average molecular weight is 289 g/mol. The minimum absolute atomic E-state index is 0.0537. The lowest BCUT2D eigenvalue weighted by Crippen LogP contribution is -2.13. The van der Waals surface area contributed by atoms with Crippen LogP contribution in [0.2, 0.25) is 0 Å². The molecule has 0 aliphatic heterocycles. The van der Waals surface area contributed by atoms with Crippen LogP contribution in [-0.4, -0.2) is 15.6 Å². The van der Waals surface area contributed by atoms with Crippen molar-refractivity contribution in [2.24, 2.45) is 0 Å². The van der Waals surface area contributed by atoms with Gasteiger partial charge in [0.25, 0.3) is 0 Å². The topological polar surface area (TPSA) is 34.9 Å². The molecule has 0 aliphatic carbocycles. The first-order valence-corrected chi connectivity index (χ1v) is 7.27. The molecule has 0 unspecified atom stereocenters. The van der Waals surface area contributed by atoms with Crippen molar-refractivity contribution in [3.05, 3.63) is 84.9 Å². The molecule has 3 aromatic rings. The maximum absolute atomic E-state index is 12.3. The van der Waals surface area contributed by atoms with Crippen molar-refractivity contribution in [2.45, 2.75) is 13.0 Å². The van der Waals surface area contributed by atoms with Gasteiger partial charge in [0.1, 0.15) is 6.54 Å². The summed E-state index contributed by atoms with van der Waals surface area (Å²) in [5, 5.41) is 4.57. The summed E-state index contributed by atoms with van der Waals surface area (Å²) in [5.74, 6) is 0.0537. The molecule has 3 nitrogen and oxygen atoms in total. The number of Topliss-reactive ketones (excluding diaryl/α,β-unsaturated/α-hetero) is 1. The molecule has 0 saturated carbocycles. The lowest BCUT2D eigenvalue weighted by Gasteiger charge is -2.05. The lowest BCUT2D eigenvalue weighted by atomic mass is 10.1. The van der Waals surface area contributed by atoms with Crippen LogP contribution in [0.4, 0.5) is 0 Å². The summed E-state index contributed by atoms with van der Waals surface area (Å²) in [7, 11) is 0. The molecular weight excluding hydrogens is 272 g/mol. The highest BCUT2D eigenvalue weighted by atomic mass is 16.1. The van der Waals surface area contributed by atoms with Crippen LogP contribution in [0.5, 0.6) is 0 Å². The van der Waals surface area contributed by atoms with Crippen LogP contribution in [0, 0.1) is 6.92 Å². The fraction of sp³-hybridized carbons (Fsp3) is 0.105. The molecule has 3 rings (SSSR count). The molecular formula is C19H17N2O. The quantitative estimate of drug-likeness (QED) is 0.669. The van der Waals surface area contributed by atoms with Gasteiger partial charge in [-0.05, 0) is 19.4 Å². The highest BCUT2D eigenvalue weighted by Crippen LogP contribution is 2.19. The van der Waals surface area contributed by atoms with Crippen LogP contribution < -0.4 is 0 Å². The minimum Gasteiger partial charge on any atom is -0.292 e. The lowest BCUT2D eigenvalue weighted by molar-refractivity contribution is 0.0966. The fourth-order valence-electron chi connectivity index (χ4n) is 2.39. The summed E-state index contributed by atoms with van der Waals surface area (Å²) in [6, 6.07) is 21.3. The van der Waals surface area contributed by atoms with E-state index in [2.05, 4.69) is 12.0 Å². The monoisotopic (exact) mass is 289 g/mol. The van der Waals surface area contributed by atoms with Gasteiger partial charge in [-0.2, -0.15) is 5.10 Å². The maximum Gasteiger partial charge on any atom is 0.184 e. The molecule has 0 fully saturated rings. The standard InChI is InChI=1S/C19H17N2O/c1-2-17-13-18(15-9-5-3-6-10-15)20-21(17)14-19(22)16-11-7-4-8-12-16/h3-13H,1-2,14H2. The van der Waals surface area contributed by atoms with Crippen molar-refractivity contribution in [3.8, 4) is 11.3 Å². The molecule has 2 aromatic carbocycles. The molecule has 1 aromatic heterocycles. The van der Waals surface area contributed by atoms with Crippen LogP contribution >= 0.6 is 0 Å². The van der Waals surface area contributed by atoms with Gasteiger partial charge in [-0.1, -0.05) is 60.7 Å². The number of hydrogen-bond donors (Lipinski definition) is 0. The predicted octanol–water partition coefficient (Wildman–Crippen LogP) is 3.81. The van der Waals surface area contributed by atoms with Crippen LogP contribution in [-0.2, 0) is 13.0 Å². The van der Waals surface area contributed by atoms with Gasteiger partial charge in [-0.25, -0.2) is 0 Å². The molecule has 0 spiro atoms. The third kappa shape index (κ3) is 2.98. The Morgan fingerprint density at radius 2 is 1.64 bits per heavy atom. The zero-order valence-electron chi connectivity index (χ0n) is 12.3. The molecule has 109 valence electrons. The van der Waals surface area contributed by atoms with Crippen molar-refractivity contribution in [3.63, 3.8) is 0 Å². The summed E-state index contributed by atoms with van der Waals surface area (Å²) in [5.41, 5.74) is 3.58. The Kier molecular flexibility index (Phi) is 4.15. The van der Waals surface area contributed by atoms with E-state index in [1.54, 1.807) is 4.68 Å². The van der Waals surface area contributed by atoms with E-state index in [0.717, 1.165) is 17.0 Å². The third-order valence-corrected chi connectivity index (χ3v) is 3.58. The van der Waals surface area contributed by atoms with Crippen molar-refractivity contribution < 1.29 is 4.79 Å². The first-order valence-electron chi connectivity index (χ1n) is 7.27. The van der Waals surface area contributed by atoms with E-state index in [-0.39, 0.29) is 12.3 Å². The number of rotatable bonds is 5. The van der Waals surface area contributed by atoms with E-state index in [1.807, 2.05) is 66.7 Å². The highest BCUT2D eigenvalue weighted by molar-refractivity contribution is 5.95. The molecule has 0 bridgehead atoms. The van der Waals surface area contributed by atoms with Gasteiger partial charge in [-0.15, -0.1) is 0 Å². The van der Waals surface area contributed by atoms with Crippen molar-refractivity contribution >= 4 is 5.78 Å². The number of carbonyl (C=O) groups excluding carboxylic acids is 1. The molecule has 0 saturated heterocycles. The first-order chi connectivity index (χ1) is 10.8. The van der Waals surface area contributed by atoms with E-state index in [4.69, 9.17) is 0 Å².